The molecule has 3 aromatic rings. The summed E-state index contributed by atoms with van der Waals surface area (Å²) in [5, 5.41) is 0.881. The van der Waals surface area contributed by atoms with Gasteiger partial charge in [-0.15, -0.1) is 11.3 Å². The van der Waals surface area contributed by atoms with Gasteiger partial charge in [-0.1, -0.05) is 36.4 Å². The van der Waals surface area contributed by atoms with Gasteiger partial charge in [0.25, 0.3) is 0 Å². The molecule has 3 rings (SSSR count). The molecule has 0 aliphatic rings. The van der Waals surface area contributed by atoms with Crippen molar-refractivity contribution in [2.24, 2.45) is 5.73 Å². The molecule has 4 heteroatoms. The highest BCUT2D eigenvalue weighted by Gasteiger charge is 2.11. The zero-order valence-electron chi connectivity index (χ0n) is 11.6. The van der Waals surface area contributed by atoms with Crippen LogP contribution in [0.5, 0.6) is 0 Å². The molecule has 0 unspecified atom stereocenters. The van der Waals surface area contributed by atoms with E-state index in [1.54, 1.807) is 11.3 Å². The van der Waals surface area contributed by atoms with Gasteiger partial charge in [0.2, 0.25) is 0 Å². The molecule has 0 bridgehead atoms. The van der Waals surface area contributed by atoms with Crippen molar-refractivity contribution in [1.82, 2.24) is 4.98 Å². The van der Waals surface area contributed by atoms with E-state index >= 15 is 0 Å². The summed E-state index contributed by atoms with van der Waals surface area (Å²) in [6.45, 7) is 0.463. The van der Waals surface area contributed by atoms with Gasteiger partial charge in [0.1, 0.15) is 10.8 Å². The van der Waals surface area contributed by atoms with E-state index in [-0.39, 0.29) is 5.78 Å². The average molecular weight is 296 g/mol. The van der Waals surface area contributed by atoms with Crippen LogP contribution >= 0.6 is 11.3 Å². The molecule has 0 amide bonds. The Morgan fingerprint density at radius 3 is 2.48 bits per heavy atom. The fourth-order valence-electron chi connectivity index (χ4n) is 2.37. The summed E-state index contributed by atoms with van der Waals surface area (Å²) in [4.78, 5) is 16.8. The van der Waals surface area contributed by atoms with Crippen LogP contribution < -0.4 is 5.73 Å². The Morgan fingerprint density at radius 1 is 1.00 bits per heavy atom. The number of thiazole rings is 1. The molecule has 0 fully saturated rings. The molecular weight excluding hydrogens is 280 g/mol. The largest absolute Gasteiger partial charge is 0.326 e. The molecule has 0 atom stereocenters. The van der Waals surface area contributed by atoms with E-state index in [0.29, 0.717) is 19.4 Å². The van der Waals surface area contributed by atoms with Crippen molar-refractivity contribution in [1.29, 1.82) is 0 Å². The summed E-state index contributed by atoms with van der Waals surface area (Å²) in [5.74, 6) is 0.176. The first-order valence-electron chi connectivity index (χ1n) is 6.89. The minimum atomic E-state index is 0.176. The zero-order valence-corrected chi connectivity index (χ0v) is 12.4. The summed E-state index contributed by atoms with van der Waals surface area (Å²) in [7, 11) is 0. The van der Waals surface area contributed by atoms with Crippen LogP contribution in [0.3, 0.4) is 0 Å². The molecule has 1 heterocycles. The summed E-state index contributed by atoms with van der Waals surface area (Å²) in [5.41, 5.74) is 8.73. The summed E-state index contributed by atoms with van der Waals surface area (Å²) in [6.07, 6.45) is 0.807. The lowest BCUT2D eigenvalue weighted by atomic mass is 10.0. The van der Waals surface area contributed by atoms with Gasteiger partial charge in [0.05, 0.1) is 16.6 Å². The lowest BCUT2D eigenvalue weighted by Gasteiger charge is -2.05. The second-order valence-electron chi connectivity index (χ2n) is 4.94. The van der Waals surface area contributed by atoms with Crippen LogP contribution in [0.25, 0.3) is 10.2 Å². The number of para-hydroxylation sites is 1. The van der Waals surface area contributed by atoms with Crippen molar-refractivity contribution in [3.05, 3.63) is 64.7 Å². The summed E-state index contributed by atoms with van der Waals surface area (Å²) >= 11 is 1.59. The maximum atomic E-state index is 12.3. The molecule has 21 heavy (non-hydrogen) atoms. The average Bonchev–Trinajstić information content (AvgIpc) is 2.89. The Balaban J connectivity index is 1.74. The molecule has 0 aliphatic carbocycles. The van der Waals surface area contributed by atoms with Crippen LogP contribution in [0.2, 0.25) is 0 Å². The zero-order chi connectivity index (χ0) is 14.7. The first-order chi connectivity index (χ1) is 10.3. The van der Waals surface area contributed by atoms with Crippen molar-refractivity contribution in [3.63, 3.8) is 0 Å². The van der Waals surface area contributed by atoms with Gasteiger partial charge < -0.3 is 5.73 Å². The first kappa shape index (κ1) is 13.9. The van der Waals surface area contributed by atoms with Crippen LogP contribution in [0.15, 0.2) is 48.5 Å². The molecule has 2 N–H and O–H groups in total. The van der Waals surface area contributed by atoms with Gasteiger partial charge in [-0.3, -0.25) is 4.79 Å². The van der Waals surface area contributed by atoms with Gasteiger partial charge in [-0.25, -0.2) is 4.98 Å². The fraction of sp³-hybridized carbons (Fsp3) is 0.176. The number of ketones is 1. The highest BCUT2D eigenvalue weighted by atomic mass is 32.1. The van der Waals surface area contributed by atoms with Crippen molar-refractivity contribution < 1.29 is 4.79 Å². The number of Topliss-reactive ketones (excluding diaryl/α,β-unsaturated/α-hetero) is 1. The molecule has 1 aromatic heterocycles. The number of fused-ring (bicyclic) bond motifs is 1. The number of carbonyl (C=O) groups excluding carboxylic acids is 1. The number of rotatable bonds is 5. The van der Waals surface area contributed by atoms with E-state index in [1.807, 2.05) is 48.5 Å². The summed E-state index contributed by atoms with van der Waals surface area (Å²) in [6, 6.07) is 15.8. The predicted octanol–water partition coefficient (Wildman–Crippen LogP) is 3.11. The topological polar surface area (TPSA) is 56.0 Å². The molecule has 0 saturated carbocycles. The normalized spacial score (nSPS) is 10.9. The Bertz CT molecular complexity index is 746. The number of carbonyl (C=O) groups is 1. The lowest BCUT2D eigenvalue weighted by Crippen LogP contribution is -2.10. The number of benzene rings is 2. The predicted molar refractivity (Wildman–Crippen MR) is 86.4 cm³/mol. The molecule has 0 saturated heterocycles. The molecule has 3 nitrogen and oxygen atoms in total. The second-order valence-corrected chi connectivity index (χ2v) is 6.06. The third-order valence-corrected chi connectivity index (χ3v) is 4.45. The van der Waals surface area contributed by atoms with Crippen molar-refractivity contribution in [3.8, 4) is 0 Å². The number of nitrogens with zero attached hydrogens (tertiary/aromatic N) is 1. The van der Waals surface area contributed by atoms with E-state index < -0.39 is 0 Å². The third kappa shape index (κ3) is 3.17. The van der Waals surface area contributed by atoms with E-state index in [2.05, 4.69) is 4.98 Å². The standard InChI is InChI=1S/C17H16N2OS/c18-11-13-6-2-1-5-12(13)9-14(20)10-17-19-15-7-3-4-8-16(15)21-17/h1-8H,9-11,18H2. The van der Waals surface area contributed by atoms with E-state index in [9.17, 15) is 4.79 Å². The van der Waals surface area contributed by atoms with Gasteiger partial charge in [0, 0.05) is 13.0 Å². The van der Waals surface area contributed by atoms with Gasteiger partial charge >= 0.3 is 0 Å². The molecule has 0 aliphatic heterocycles. The van der Waals surface area contributed by atoms with Crippen LogP contribution in [0.4, 0.5) is 0 Å². The number of nitrogens with two attached hydrogens (primary N) is 1. The van der Waals surface area contributed by atoms with Gasteiger partial charge in [-0.05, 0) is 23.3 Å². The Labute approximate surface area is 127 Å². The van der Waals surface area contributed by atoms with Crippen molar-refractivity contribution in [2.75, 3.05) is 0 Å². The molecule has 0 spiro atoms. The SMILES string of the molecule is NCc1ccccc1CC(=O)Cc1nc2ccccc2s1. The van der Waals surface area contributed by atoms with E-state index in [0.717, 1.165) is 26.4 Å². The molecular formula is C17H16N2OS. The molecule has 2 aromatic carbocycles. The lowest BCUT2D eigenvalue weighted by molar-refractivity contribution is -0.117. The van der Waals surface area contributed by atoms with Crippen LogP contribution in [-0.2, 0) is 24.2 Å². The maximum absolute atomic E-state index is 12.3. The molecule has 106 valence electrons. The van der Waals surface area contributed by atoms with Gasteiger partial charge in [0.15, 0.2) is 0 Å². The summed E-state index contributed by atoms with van der Waals surface area (Å²) < 4.78 is 1.13. The minimum absolute atomic E-state index is 0.176. The highest BCUT2D eigenvalue weighted by molar-refractivity contribution is 7.18. The molecule has 0 radical (unpaired) electrons. The van der Waals surface area contributed by atoms with Crippen LogP contribution in [0.1, 0.15) is 16.1 Å². The van der Waals surface area contributed by atoms with E-state index in [4.69, 9.17) is 5.73 Å². The van der Waals surface area contributed by atoms with E-state index in [1.165, 1.54) is 0 Å². The monoisotopic (exact) mass is 296 g/mol. The smallest absolute Gasteiger partial charge is 0.144 e. The number of hydrogen-bond acceptors (Lipinski definition) is 4. The number of aromatic nitrogens is 1. The van der Waals surface area contributed by atoms with Crippen LogP contribution in [0, 0.1) is 0 Å². The number of hydrogen-bond donors (Lipinski definition) is 1. The van der Waals surface area contributed by atoms with Crippen molar-refractivity contribution in [2.45, 2.75) is 19.4 Å². The Kier molecular flexibility index (Phi) is 4.08. The third-order valence-electron chi connectivity index (χ3n) is 3.41. The Morgan fingerprint density at radius 2 is 1.71 bits per heavy atom. The fourth-order valence-corrected chi connectivity index (χ4v) is 3.36. The minimum Gasteiger partial charge on any atom is -0.326 e. The first-order valence-corrected chi connectivity index (χ1v) is 7.71. The van der Waals surface area contributed by atoms with Gasteiger partial charge in [-0.2, -0.15) is 0 Å². The quantitative estimate of drug-likeness (QED) is 0.787. The van der Waals surface area contributed by atoms with Crippen LogP contribution in [-0.4, -0.2) is 10.8 Å². The highest BCUT2D eigenvalue weighted by Crippen LogP contribution is 2.22. The Hall–Kier alpha value is -2.04. The second kappa shape index (κ2) is 6.16. The van der Waals surface area contributed by atoms with Crippen molar-refractivity contribution >= 4 is 27.3 Å². The maximum Gasteiger partial charge on any atom is 0.144 e.